The van der Waals surface area contributed by atoms with Crippen molar-refractivity contribution in [2.24, 2.45) is 11.8 Å². The van der Waals surface area contributed by atoms with E-state index in [0.717, 1.165) is 40.7 Å². The number of hydrogen-bond donors (Lipinski definition) is 2. The summed E-state index contributed by atoms with van der Waals surface area (Å²) >= 11 is 4.72. The average molecular weight is 451 g/mol. The lowest BCUT2D eigenvalue weighted by Gasteiger charge is -2.29. The first-order valence-electron chi connectivity index (χ1n) is 9.18. The number of nitrogens with one attached hydrogen (secondary N) is 2. The molecule has 3 rings (SSSR count). The Kier molecular flexibility index (Phi) is 6.59. The fourth-order valence-corrected chi connectivity index (χ4v) is 3.83. The van der Waals surface area contributed by atoms with Gasteiger partial charge in [-0.15, -0.1) is 10.2 Å². The standard InChI is InChI=1S/C19H23BrN4O2S/c1-3-11(2)15(21-16(25)12-5-4-6-12)17(26)22-19-24-23-18(27-19)13-7-9-14(20)10-8-13/h7-12,15H,3-6H2,1-2H3,(H,21,25)(H,22,24,26). The van der Waals surface area contributed by atoms with E-state index in [4.69, 9.17) is 0 Å². The second-order valence-corrected chi connectivity index (χ2v) is 8.80. The van der Waals surface area contributed by atoms with Gasteiger partial charge in [-0.1, -0.05) is 66.1 Å². The number of halogens is 1. The SMILES string of the molecule is CCC(C)C(NC(=O)C1CCC1)C(=O)Nc1nnc(-c2ccc(Br)cc2)s1. The van der Waals surface area contributed by atoms with Crippen molar-refractivity contribution in [2.75, 3.05) is 5.32 Å². The molecular formula is C19H23BrN4O2S. The Bertz CT molecular complexity index is 804. The van der Waals surface area contributed by atoms with Crippen LogP contribution in [0.3, 0.4) is 0 Å². The van der Waals surface area contributed by atoms with E-state index in [1.807, 2.05) is 38.1 Å². The predicted molar refractivity (Wildman–Crippen MR) is 110 cm³/mol. The summed E-state index contributed by atoms with van der Waals surface area (Å²) in [4.78, 5) is 25.1. The van der Waals surface area contributed by atoms with Crippen LogP contribution in [-0.2, 0) is 9.59 Å². The molecule has 2 unspecified atom stereocenters. The summed E-state index contributed by atoms with van der Waals surface area (Å²) in [7, 11) is 0. The van der Waals surface area contributed by atoms with E-state index in [0.29, 0.717) is 5.13 Å². The van der Waals surface area contributed by atoms with Crippen LogP contribution in [0.5, 0.6) is 0 Å². The van der Waals surface area contributed by atoms with Gasteiger partial charge >= 0.3 is 0 Å². The Balaban J connectivity index is 1.67. The molecule has 2 aromatic rings. The van der Waals surface area contributed by atoms with E-state index >= 15 is 0 Å². The van der Waals surface area contributed by atoms with Crippen LogP contribution in [0, 0.1) is 11.8 Å². The fraction of sp³-hybridized carbons (Fsp3) is 0.474. The minimum atomic E-state index is -0.567. The normalized spacial score (nSPS) is 16.3. The van der Waals surface area contributed by atoms with Crippen molar-refractivity contribution >= 4 is 44.2 Å². The molecule has 1 heterocycles. The minimum Gasteiger partial charge on any atom is -0.344 e. The number of anilines is 1. The molecule has 6 nitrogen and oxygen atoms in total. The van der Waals surface area contributed by atoms with Crippen LogP contribution in [0.25, 0.3) is 10.6 Å². The second kappa shape index (κ2) is 8.93. The Morgan fingerprint density at radius 1 is 1.26 bits per heavy atom. The van der Waals surface area contributed by atoms with Crippen molar-refractivity contribution in [1.29, 1.82) is 0 Å². The maximum absolute atomic E-state index is 12.8. The highest BCUT2D eigenvalue weighted by atomic mass is 79.9. The van der Waals surface area contributed by atoms with Gasteiger partial charge in [0.05, 0.1) is 0 Å². The Morgan fingerprint density at radius 3 is 2.56 bits per heavy atom. The summed E-state index contributed by atoms with van der Waals surface area (Å²) in [6.45, 7) is 3.98. The topological polar surface area (TPSA) is 84.0 Å². The lowest BCUT2D eigenvalue weighted by Crippen LogP contribution is -2.50. The summed E-state index contributed by atoms with van der Waals surface area (Å²) in [5.74, 6) is -0.173. The summed E-state index contributed by atoms with van der Waals surface area (Å²) in [5.41, 5.74) is 0.938. The van der Waals surface area contributed by atoms with Crippen LogP contribution in [0.15, 0.2) is 28.7 Å². The van der Waals surface area contributed by atoms with Gasteiger partial charge in [-0.25, -0.2) is 0 Å². The molecule has 1 aliphatic rings. The molecule has 1 fully saturated rings. The third kappa shape index (κ3) is 4.93. The number of aromatic nitrogens is 2. The second-order valence-electron chi connectivity index (χ2n) is 6.91. The largest absolute Gasteiger partial charge is 0.344 e. The van der Waals surface area contributed by atoms with Gasteiger partial charge in [-0.05, 0) is 30.9 Å². The highest BCUT2D eigenvalue weighted by Gasteiger charge is 2.32. The summed E-state index contributed by atoms with van der Waals surface area (Å²) < 4.78 is 0.989. The van der Waals surface area contributed by atoms with Gasteiger partial charge in [-0.3, -0.25) is 14.9 Å². The Morgan fingerprint density at radius 2 is 1.96 bits per heavy atom. The third-order valence-electron chi connectivity index (χ3n) is 5.02. The zero-order valence-electron chi connectivity index (χ0n) is 15.4. The molecule has 1 aliphatic carbocycles. The predicted octanol–water partition coefficient (Wildman–Crippen LogP) is 4.24. The number of rotatable bonds is 7. The molecule has 1 aromatic carbocycles. The fourth-order valence-electron chi connectivity index (χ4n) is 2.81. The lowest BCUT2D eigenvalue weighted by molar-refractivity contribution is -0.132. The molecule has 27 heavy (non-hydrogen) atoms. The van der Waals surface area contributed by atoms with E-state index in [9.17, 15) is 9.59 Å². The van der Waals surface area contributed by atoms with Crippen LogP contribution >= 0.6 is 27.3 Å². The maximum atomic E-state index is 12.8. The van der Waals surface area contributed by atoms with Crippen molar-refractivity contribution in [3.63, 3.8) is 0 Å². The van der Waals surface area contributed by atoms with Gasteiger partial charge in [-0.2, -0.15) is 0 Å². The molecule has 144 valence electrons. The first-order valence-corrected chi connectivity index (χ1v) is 10.8. The van der Waals surface area contributed by atoms with E-state index < -0.39 is 6.04 Å². The molecule has 0 aliphatic heterocycles. The van der Waals surface area contributed by atoms with Crippen molar-refractivity contribution in [1.82, 2.24) is 15.5 Å². The summed E-state index contributed by atoms with van der Waals surface area (Å²) in [6, 6.07) is 7.19. The number of nitrogens with zero attached hydrogens (tertiary/aromatic N) is 2. The van der Waals surface area contributed by atoms with Crippen molar-refractivity contribution in [3.05, 3.63) is 28.7 Å². The van der Waals surface area contributed by atoms with E-state index in [1.54, 1.807) is 0 Å². The lowest BCUT2D eigenvalue weighted by atomic mass is 9.84. The molecule has 0 spiro atoms. The molecule has 2 atom stereocenters. The van der Waals surface area contributed by atoms with Crippen molar-refractivity contribution in [3.8, 4) is 10.6 Å². The van der Waals surface area contributed by atoms with Crippen LogP contribution in [0.1, 0.15) is 39.5 Å². The van der Waals surface area contributed by atoms with Crippen molar-refractivity contribution in [2.45, 2.75) is 45.6 Å². The molecule has 1 saturated carbocycles. The highest BCUT2D eigenvalue weighted by Crippen LogP contribution is 2.28. The number of carbonyl (C=O) groups excluding carboxylic acids is 2. The number of hydrogen-bond acceptors (Lipinski definition) is 5. The highest BCUT2D eigenvalue weighted by molar-refractivity contribution is 9.10. The molecular weight excluding hydrogens is 428 g/mol. The van der Waals surface area contributed by atoms with Crippen LogP contribution < -0.4 is 10.6 Å². The monoisotopic (exact) mass is 450 g/mol. The summed E-state index contributed by atoms with van der Waals surface area (Å²) in [5, 5.41) is 15.2. The molecule has 2 amide bonds. The van der Waals surface area contributed by atoms with Crippen LogP contribution in [-0.4, -0.2) is 28.1 Å². The van der Waals surface area contributed by atoms with E-state index in [1.165, 1.54) is 11.3 Å². The number of benzene rings is 1. The number of carbonyl (C=O) groups is 2. The van der Waals surface area contributed by atoms with Crippen LogP contribution in [0.4, 0.5) is 5.13 Å². The molecule has 1 aromatic heterocycles. The molecule has 8 heteroatoms. The Hall–Kier alpha value is -1.80. The van der Waals surface area contributed by atoms with Gasteiger partial charge in [0, 0.05) is 16.0 Å². The molecule has 0 bridgehead atoms. The zero-order valence-corrected chi connectivity index (χ0v) is 17.8. The molecule has 0 radical (unpaired) electrons. The van der Waals surface area contributed by atoms with Gasteiger partial charge < -0.3 is 5.32 Å². The summed E-state index contributed by atoms with van der Waals surface area (Å²) in [6.07, 6.45) is 3.70. The maximum Gasteiger partial charge on any atom is 0.249 e. The van der Waals surface area contributed by atoms with E-state index in [-0.39, 0.29) is 23.7 Å². The minimum absolute atomic E-state index is 0.0190. The van der Waals surface area contributed by atoms with Crippen molar-refractivity contribution < 1.29 is 9.59 Å². The van der Waals surface area contributed by atoms with Gasteiger partial charge in [0.15, 0.2) is 0 Å². The number of amides is 2. The smallest absolute Gasteiger partial charge is 0.249 e. The molecule has 2 N–H and O–H groups in total. The van der Waals surface area contributed by atoms with E-state index in [2.05, 4.69) is 36.8 Å². The molecule has 0 saturated heterocycles. The van der Waals surface area contributed by atoms with Gasteiger partial charge in [0.2, 0.25) is 16.9 Å². The van der Waals surface area contributed by atoms with Crippen LogP contribution in [0.2, 0.25) is 0 Å². The first kappa shape index (κ1) is 19.9. The van der Waals surface area contributed by atoms with Gasteiger partial charge in [0.1, 0.15) is 11.0 Å². The van der Waals surface area contributed by atoms with Gasteiger partial charge in [0.25, 0.3) is 0 Å². The first-order chi connectivity index (χ1) is 13.0. The third-order valence-corrected chi connectivity index (χ3v) is 6.43. The Labute approximate surface area is 171 Å². The zero-order chi connectivity index (χ0) is 19.4. The average Bonchev–Trinajstić information content (AvgIpc) is 3.06. The quantitative estimate of drug-likeness (QED) is 0.660.